The lowest BCUT2D eigenvalue weighted by Gasteiger charge is -2.36. The van der Waals surface area contributed by atoms with Crippen LogP contribution in [0, 0.1) is 5.92 Å². The summed E-state index contributed by atoms with van der Waals surface area (Å²) in [7, 11) is 1.61. The highest BCUT2D eigenvalue weighted by atomic mass is 16.5. The molecule has 0 bridgehead atoms. The molecule has 1 aliphatic rings. The number of rotatable bonds is 9. The Hall–Kier alpha value is -1.41. The summed E-state index contributed by atoms with van der Waals surface area (Å²) < 4.78 is 16.2. The monoisotopic (exact) mass is 354 g/mol. The van der Waals surface area contributed by atoms with E-state index in [2.05, 4.69) is 4.90 Å². The van der Waals surface area contributed by atoms with Crippen LogP contribution >= 0.6 is 0 Å². The summed E-state index contributed by atoms with van der Waals surface area (Å²) >= 11 is 0. The molecule has 1 saturated heterocycles. The van der Waals surface area contributed by atoms with Crippen molar-refractivity contribution in [1.82, 2.24) is 9.80 Å². The molecule has 0 aromatic carbocycles. The van der Waals surface area contributed by atoms with Crippen LogP contribution in [0.5, 0.6) is 0 Å². The number of β-amino-alcohol motifs (C(OH)–C–C–N with tert-alkyl or cyclic N) is 1. The van der Waals surface area contributed by atoms with Gasteiger partial charge in [-0.05, 0) is 18.1 Å². The second-order valence-electron chi connectivity index (χ2n) is 6.79. The topological polar surface area (TPSA) is 75.4 Å². The fraction of sp³-hybridized carbons (Fsp3) is 0.722. The van der Waals surface area contributed by atoms with Gasteiger partial charge in [-0.25, -0.2) is 0 Å². The third-order valence-electron chi connectivity index (χ3n) is 4.45. The first-order valence-electron chi connectivity index (χ1n) is 8.85. The van der Waals surface area contributed by atoms with Crippen LogP contribution in [-0.4, -0.2) is 86.1 Å². The van der Waals surface area contributed by atoms with Crippen molar-refractivity contribution in [1.29, 1.82) is 0 Å². The zero-order valence-corrected chi connectivity index (χ0v) is 15.4. The highest BCUT2D eigenvalue weighted by Gasteiger charge is 2.27. The lowest BCUT2D eigenvalue weighted by Crippen LogP contribution is -2.51. The molecule has 1 aliphatic heterocycles. The van der Waals surface area contributed by atoms with Crippen molar-refractivity contribution in [3.63, 3.8) is 0 Å². The molecule has 2 atom stereocenters. The standard InChI is InChI=1S/C18H30N2O5/c1-14(2)16(21)13-19-6-10-24-15(11-19)12-20(7-9-23-3)18(22)17-5-4-8-25-17/h4-5,8,14-16,21H,6-7,9-13H2,1-3H3. The molecule has 2 heterocycles. The molecule has 0 spiro atoms. The number of hydrogen-bond donors (Lipinski definition) is 1. The number of nitrogens with zero attached hydrogens (tertiary/aromatic N) is 2. The molecule has 0 saturated carbocycles. The van der Waals surface area contributed by atoms with Gasteiger partial charge in [-0.15, -0.1) is 0 Å². The molecule has 142 valence electrons. The Morgan fingerprint density at radius 1 is 1.52 bits per heavy atom. The van der Waals surface area contributed by atoms with Crippen molar-refractivity contribution in [3.8, 4) is 0 Å². The maximum atomic E-state index is 12.6. The van der Waals surface area contributed by atoms with Gasteiger partial charge in [0.15, 0.2) is 5.76 Å². The Balaban J connectivity index is 1.94. The molecule has 7 heteroatoms. The minimum atomic E-state index is -0.354. The number of morpholine rings is 1. The highest BCUT2D eigenvalue weighted by Crippen LogP contribution is 2.13. The maximum absolute atomic E-state index is 12.6. The van der Waals surface area contributed by atoms with Crippen LogP contribution in [-0.2, 0) is 9.47 Å². The first-order chi connectivity index (χ1) is 12.0. The SMILES string of the molecule is COCCN(CC1CN(CC(O)C(C)C)CCO1)C(=O)c1ccco1. The quantitative estimate of drug-likeness (QED) is 0.715. The van der Waals surface area contributed by atoms with Crippen molar-refractivity contribution >= 4 is 5.91 Å². The molecule has 7 nitrogen and oxygen atoms in total. The average molecular weight is 354 g/mol. The largest absolute Gasteiger partial charge is 0.459 e. The molecule has 0 aliphatic carbocycles. The van der Waals surface area contributed by atoms with Crippen LogP contribution in [0.25, 0.3) is 0 Å². The van der Waals surface area contributed by atoms with Crippen molar-refractivity contribution < 1.29 is 23.8 Å². The van der Waals surface area contributed by atoms with E-state index in [0.29, 0.717) is 45.2 Å². The summed E-state index contributed by atoms with van der Waals surface area (Å²) in [5.74, 6) is 0.379. The third-order valence-corrected chi connectivity index (χ3v) is 4.45. The van der Waals surface area contributed by atoms with E-state index in [0.717, 1.165) is 6.54 Å². The van der Waals surface area contributed by atoms with E-state index in [9.17, 15) is 9.90 Å². The van der Waals surface area contributed by atoms with E-state index in [-0.39, 0.29) is 24.0 Å². The molecule has 25 heavy (non-hydrogen) atoms. The van der Waals surface area contributed by atoms with Crippen molar-refractivity contribution in [2.24, 2.45) is 5.92 Å². The van der Waals surface area contributed by atoms with E-state index >= 15 is 0 Å². The van der Waals surface area contributed by atoms with Crippen LogP contribution in [0.2, 0.25) is 0 Å². The van der Waals surface area contributed by atoms with Gasteiger partial charge in [-0.1, -0.05) is 13.8 Å². The molecule has 2 rings (SSSR count). The second-order valence-corrected chi connectivity index (χ2v) is 6.79. The predicted octanol–water partition coefficient (Wildman–Crippen LogP) is 1.09. The van der Waals surface area contributed by atoms with Gasteiger partial charge >= 0.3 is 0 Å². The molecule has 1 N–H and O–H groups in total. The van der Waals surface area contributed by atoms with Crippen LogP contribution in [0.4, 0.5) is 0 Å². The van der Waals surface area contributed by atoms with E-state index in [1.54, 1.807) is 24.1 Å². The molecule has 2 unspecified atom stereocenters. The molecule has 1 fully saturated rings. The number of methoxy groups -OCH3 is 1. The Morgan fingerprint density at radius 2 is 2.32 bits per heavy atom. The van der Waals surface area contributed by atoms with Crippen LogP contribution in [0.15, 0.2) is 22.8 Å². The molecule has 1 aromatic heterocycles. The number of carbonyl (C=O) groups is 1. The Morgan fingerprint density at radius 3 is 2.96 bits per heavy atom. The smallest absolute Gasteiger partial charge is 0.289 e. The first kappa shape index (κ1) is 19.9. The minimum absolute atomic E-state index is 0.0936. The predicted molar refractivity (Wildman–Crippen MR) is 93.5 cm³/mol. The van der Waals surface area contributed by atoms with E-state index in [1.165, 1.54) is 6.26 Å². The Labute approximate surface area is 149 Å². The van der Waals surface area contributed by atoms with Gasteiger partial charge < -0.3 is 23.9 Å². The summed E-state index contributed by atoms with van der Waals surface area (Å²) in [5.41, 5.74) is 0. The van der Waals surface area contributed by atoms with Gasteiger partial charge in [0.1, 0.15) is 0 Å². The van der Waals surface area contributed by atoms with Gasteiger partial charge in [0.2, 0.25) is 0 Å². The average Bonchev–Trinajstić information content (AvgIpc) is 3.12. The van der Waals surface area contributed by atoms with Crippen LogP contribution in [0.1, 0.15) is 24.4 Å². The lowest BCUT2D eigenvalue weighted by atomic mass is 10.1. The Kier molecular flexibility index (Phi) is 7.90. The normalized spacial score (nSPS) is 20.0. The molecule has 0 radical (unpaired) electrons. The lowest BCUT2D eigenvalue weighted by molar-refractivity contribution is -0.0553. The number of carbonyl (C=O) groups excluding carboxylic acids is 1. The van der Waals surface area contributed by atoms with E-state index < -0.39 is 0 Å². The summed E-state index contributed by atoms with van der Waals surface area (Å²) in [6.07, 6.45) is 1.05. The summed E-state index contributed by atoms with van der Waals surface area (Å²) in [4.78, 5) is 16.5. The maximum Gasteiger partial charge on any atom is 0.289 e. The van der Waals surface area contributed by atoms with Gasteiger partial charge in [-0.2, -0.15) is 0 Å². The molecular weight excluding hydrogens is 324 g/mol. The third kappa shape index (κ3) is 6.11. The summed E-state index contributed by atoms with van der Waals surface area (Å²) in [6.45, 7) is 8.14. The zero-order valence-electron chi connectivity index (χ0n) is 15.4. The van der Waals surface area contributed by atoms with E-state index in [1.807, 2.05) is 13.8 Å². The summed E-state index contributed by atoms with van der Waals surface area (Å²) in [5, 5.41) is 10.1. The fourth-order valence-corrected chi connectivity index (χ4v) is 2.81. The van der Waals surface area contributed by atoms with Crippen molar-refractivity contribution in [3.05, 3.63) is 24.2 Å². The first-order valence-corrected chi connectivity index (χ1v) is 8.85. The van der Waals surface area contributed by atoms with Gasteiger partial charge in [-0.3, -0.25) is 9.69 Å². The highest BCUT2D eigenvalue weighted by molar-refractivity contribution is 5.91. The van der Waals surface area contributed by atoms with E-state index in [4.69, 9.17) is 13.9 Å². The number of ether oxygens (including phenoxy) is 2. The van der Waals surface area contributed by atoms with Crippen molar-refractivity contribution in [2.75, 3.05) is 53.0 Å². The fourth-order valence-electron chi connectivity index (χ4n) is 2.81. The Bertz CT molecular complexity index is 506. The van der Waals surface area contributed by atoms with Crippen LogP contribution < -0.4 is 0 Å². The van der Waals surface area contributed by atoms with Gasteiger partial charge in [0.25, 0.3) is 5.91 Å². The molecule has 1 amide bonds. The van der Waals surface area contributed by atoms with Crippen molar-refractivity contribution in [2.45, 2.75) is 26.1 Å². The minimum Gasteiger partial charge on any atom is -0.459 e. The summed E-state index contributed by atoms with van der Waals surface area (Å²) in [6, 6.07) is 3.36. The molecule has 1 aromatic rings. The van der Waals surface area contributed by atoms with Gasteiger partial charge in [0, 0.05) is 39.8 Å². The number of aliphatic hydroxyl groups is 1. The number of aliphatic hydroxyl groups excluding tert-OH is 1. The van der Waals surface area contributed by atoms with Gasteiger partial charge in [0.05, 0.1) is 31.7 Å². The second kappa shape index (κ2) is 9.91. The molecular formula is C18H30N2O5. The zero-order chi connectivity index (χ0) is 18.2. The number of furan rings is 1. The number of amides is 1. The number of hydrogen-bond acceptors (Lipinski definition) is 6. The van der Waals surface area contributed by atoms with Crippen LogP contribution in [0.3, 0.4) is 0 Å².